The largest absolute Gasteiger partial charge is 0.497 e. The second-order valence-electron chi connectivity index (χ2n) is 8.95. The summed E-state index contributed by atoms with van der Waals surface area (Å²) in [6.45, 7) is 8.90. The first-order valence-corrected chi connectivity index (χ1v) is 13.7. The number of rotatable bonds is 7. The molecule has 4 rings (SSSR count). The van der Waals surface area contributed by atoms with Gasteiger partial charge in [-0.1, -0.05) is 24.3 Å². The number of nitrogens with zero attached hydrogens (tertiary/aromatic N) is 1. The topological polar surface area (TPSA) is 88.7 Å². The molecule has 0 radical (unpaired) electrons. The lowest BCUT2D eigenvalue weighted by Crippen LogP contribution is -2.30. The Labute approximate surface area is 218 Å². The molecule has 2 aliphatic rings. The number of hydrogen-bond acceptors (Lipinski definition) is 6. The quantitative estimate of drug-likeness (QED) is 0.218. The molecule has 0 fully saturated rings. The van der Waals surface area contributed by atoms with Gasteiger partial charge in [0.05, 0.1) is 5.36 Å². The molecule has 6 nitrogen and oxygen atoms in total. The minimum Gasteiger partial charge on any atom is -0.456 e. The van der Waals surface area contributed by atoms with Gasteiger partial charge in [0.2, 0.25) is 0 Å². The number of nitrogens with one attached hydrogen (secondary N) is 1. The van der Waals surface area contributed by atoms with Crippen molar-refractivity contribution in [1.29, 1.82) is 0 Å². The van der Waals surface area contributed by atoms with Crippen LogP contribution in [0.3, 0.4) is 0 Å². The van der Waals surface area contributed by atoms with Gasteiger partial charge in [-0.25, -0.2) is 8.42 Å². The van der Waals surface area contributed by atoms with Crippen LogP contribution in [0.2, 0.25) is 0 Å². The Balaban J connectivity index is 2.08. The Morgan fingerprint density at radius 2 is 1.71 bits per heavy atom. The van der Waals surface area contributed by atoms with Crippen LogP contribution >= 0.6 is 0 Å². The summed E-state index contributed by atoms with van der Waals surface area (Å²) >= 11 is 0. The molecule has 38 heavy (non-hydrogen) atoms. The maximum atomic E-state index is 13.1. The van der Waals surface area contributed by atoms with Gasteiger partial charge in [-0.2, -0.15) is 13.2 Å². The van der Waals surface area contributed by atoms with Gasteiger partial charge in [0, 0.05) is 53.0 Å². The lowest BCUT2D eigenvalue weighted by molar-refractivity contribution is -0.0434. The fraction of sp³-hybridized carbons (Fsp3) is 0.286. The maximum Gasteiger partial charge on any atom is 0.497 e. The van der Waals surface area contributed by atoms with Crippen molar-refractivity contribution in [2.75, 3.05) is 24.2 Å². The number of fused-ring (bicyclic) bond motifs is 2. The number of hydrogen-bond donors (Lipinski definition) is 1. The third-order valence-electron chi connectivity index (χ3n) is 6.25. The molecule has 1 heterocycles. The Bertz CT molecular complexity index is 1690. The van der Waals surface area contributed by atoms with E-state index >= 15 is 0 Å². The van der Waals surface area contributed by atoms with Crippen LogP contribution in [0.15, 0.2) is 57.9 Å². The molecule has 0 saturated carbocycles. The lowest BCUT2D eigenvalue weighted by atomic mass is 9.88. The zero-order valence-corrected chi connectivity index (χ0v) is 22.2. The first-order chi connectivity index (χ1) is 17.9. The first-order valence-electron chi connectivity index (χ1n) is 12.1. The maximum absolute atomic E-state index is 13.1. The van der Waals surface area contributed by atoms with Crippen molar-refractivity contribution in [3.05, 3.63) is 70.6 Å². The number of Topliss-reactive ketones (excluding diaryl/α,β-unsaturated/α-hetero) is 1. The molecule has 1 N–H and O–H groups in total. The number of carbonyl (C=O) groups excluding carboxylic acids is 1. The molecule has 0 unspecified atom stereocenters. The Morgan fingerprint density at radius 3 is 2.37 bits per heavy atom. The van der Waals surface area contributed by atoms with Gasteiger partial charge in [-0.3, -0.25) is 9.79 Å². The highest BCUT2D eigenvalue weighted by Gasteiger charge is 2.46. The van der Waals surface area contributed by atoms with E-state index in [1.165, 1.54) is 12.1 Å². The highest BCUT2D eigenvalue weighted by molar-refractivity contribution is 7.93. The van der Waals surface area contributed by atoms with E-state index < -0.39 is 26.9 Å². The van der Waals surface area contributed by atoms with E-state index in [2.05, 4.69) is 10.3 Å². The van der Waals surface area contributed by atoms with Crippen LogP contribution in [0, 0.1) is 13.8 Å². The van der Waals surface area contributed by atoms with Gasteiger partial charge in [-0.15, -0.1) is 0 Å². The highest BCUT2D eigenvalue weighted by Crippen LogP contribution is 2.43. The van der Waals surface area contributed by atoms with E-state index in [4.69, 9.17) is 4.42 Å². The normalized spacial score (nSPS) is 12.9. The molecule has 0 spiro atoms. The van der Waals surface area contributed by atoms with E-state index in [0.29, 0.717) is 46.5 Å². The molecule has 0 saturated heterocycles. The van der Waals surface area contributed by atoms with Crippen LogP contribution in [0.4, 0.5) is 18.9 Å². The Kier molecular flexibility index (Phi) is 7.38. The number of ketones is 1. The number of carbonyl (C=O) groups is 1. The van der Waals surface area contributed by atoms with E-state index in [9.17, 15) is 26.4 Å². The van der Waals surface area contributed by atoms with Crippen molar-refractivity contribution in [2.24, 2.45) is 4.99 Å². The van der Waals surface area contributed by atoms with E-state index in [0.717, 1.165) is 22.2 Å². The minimum atomic E-state index is -5.66. The van der Waals surface area contributed by atoms with Gasteiger partial charge in [0.1, 0.15) is 17.1 Å². The average Bonchev–Trinajstić information content (AvgIpc) is 2.83. The molecule has 1 aliphatic heterocycles. The highest BCUT2D eigenvalue weighted by atomic mass is 32.2. The molecule has 1 aliphatic carbocycles. The third kappa shape index (κ3) is 5.05. The van der Waals surface area contributed by atoms with Crippen molar-refractivity contribution in [3.8, 4) is 22.5 Å². The van der Waals surface area contributed by atoms with E-state index in [1.54, 1.807) is 18.2 Å². The number of halogens is 3. The summed E-state index contributed by atoms with van der Waals surface area (Å²) in [4.78, 5) is 17.6. The van der Waals surface area contributed by atoms with Gasteiger partial charge in [0.25, 0.3) is 9.84 Å². The summed E-state index contributed by atoms with van der Waals surface area (Å²) in [6.07, 6.45) is 0. The molecule has 2 aromatic carbocycles. The predicted molar refractivity (Wildman–Crippen MR) is 142 cm³/mol. The smallest absolute Gasteiger partial charge is 0.456 e. The van der Waals surface area contributed by atoms with E-state index in [-0.39, 0.29) is 5.56 Å². The zero-order chi connectivity index (χ0) is 27.8. The van der Waals surface area contributed by atoms with Gasteiger partial charge in [0.15, 0.2) is 5.78 Å². The molecule has 0 amide bonds. The number of aryl methyl sites for hydroxylation is 2. The average molecular weight is 545 g/mol. The van der Waals surface area contributed by atoms with Crippen molar-refractivity contribution >= 4 is 32.3 Å². The molecule has 0 aromatic heterocycles. The van der Waals surface area contributed by atoms with Crippen molar-refractivity contribution < 1.29 is 30.8 Å². The van der Waals surface area contributed by atoms with Crippen LogP contribution < -0.4 is 10.7 Å². The predicted octanol–water partition coefficient (Wildman–Crippen LogP) is 6.29. The van der Waals surface area contributed by atoms with E-state index in [1.807, 2.05) is 45.9 Å². The molecular formula is C28H27F3N2O4S. The molecule has 200 valence electrons. The van der Waals surface area contributed by atoms with Gasteiger partial charge in [-0.05, 0) is 56.5 Å². The van der Waals surface area contributed by atoms with Crippen LogP contribution in [0.25, 0.3) is 33.4 Å². The first kappa shape index (κ1) is 27.4. The minimum absolute atomic E-state index is 0.123. The Morgan fingerprint density at radius 1 is 1.00 bits per heavy atom. The van der Waals surface area contributed by atoms with Crippen LogP contribution in [0.1, 0.15) is 35.3 Å². The number of alkyl halides is 3. The molecule has 0 bridgehead atoms. The van der Waals surface area contributed by atoms with Crippen molar-refractivity contribution in [1.82, 2.24) is 0 Å². The van der Waals surface area contributed by atoms with Crippen LogP contribution in [-0.4, -0.2) is 38.6 Å². The standard InChI is InChI=1S/C28H27F3N2O4S/c1-5-32-22-13-25-20(11-16(22)3)27(21-12-17(4)23(33-6-2)14-26(21)37-25)19-10-8-7-9-18(19)24(34)15-38(35,36)28(29,30)31/h7-14,32H,5-6,15H2,1-4H3/b33-23-. The number of sulfone groups is 1. The SMILES string of the molecule is CC/N=c1/cc2oc3cc(NCC)c(C)cc3c(-c3ccccc3C(=O)CS(=O)(=O)C(F)(F)F)c-2cc1C. The fourth-order valence-corrected chi connectivity index (χ4v) is 5.14. The van der Waals surface area contributed by atoms with Crippen molar-refractivity contribution in [2.45, 2.75) is 33.2 Å². The van der Waals surface area contributed by atoms with Crippen LogP contribution in [-0.2, 0) is 9.84 Å². The molecular weight excluding hydrogens is 517 g/mol. The van der Waals surface area contributed by atoms with Crippen LogP contribution in [0.5, 0.6) is 0 Å². The number of anilines is 1. The number of benzene rings is 3. The summed E-state index contributed by atoms with van der Waals surface area (Å²) in [7, 11) is -5.66. The molecule has 10 heteroatoms. The van der Waals surface area contributed by atoms with Gasteiger partial charge >= 0.3 is 5.51 Å². The molecule has 2 aromatic rings. The second kappa shape index (κ2) is 10.2. The summed E-state index contributed by atoms with van der Waals surface area (Å²) < 4.78 is 69.1. The second-order valence-corrected chi connectivity index (χ2v) is 10.9. The molecule has 0 atom stereocenters. The monoisotopic (exact) mass is 544 g/mol. The summed E-state index contributed by atoms with van der Waals surface area (Å²) in [5.74, 6) is -2.35. The summed E-state index contributed by atoms with van der Waals surface area (Å²) in [5, 5.41) is 4.64. The third-order valence-corrected chi connectivity index (χ3v) is 7.60. The summed E-state index contributed by atoms with van der Waals surface area (Å²) in [6, 6.07) is 13.5. The zero-order valence-electron chi connectivity index (χ0n) is 21.4. The lowest BCUT2D eigenvalue weighted by Gasteiger charge is -2.20. The van der Waals surface area contributed by atoms with Gasteiger partial charge < -0.3 is 9.73 Å². The fourth-order valence-electron chi connectivity index (χ4n) is 4.48. The Hall–Kier alpha value is -3.66. The van der Waals surface area contributed by atoms with Crippen molar-refractivity contribution in [3.63, 3.8) is 0 Å². The summed E-state index contributed by atoms with van der Waals surface area (Å²) in [5.41, 5.74) is -1.07.